The highest BCUT2D eigenvalue weighted by Crippen LogP contribution is 2.39. The molecular formula is C15H12BrN3O2S. The zero-order chi connectivity index (χ0) is 16.0. The first-order chi connectivity index (χ1) is 10.4. The molecule has 0 saturated heterocycles. The Morgan fingerprint density at radius 2 is 2.18 bits per heavy atom. The van der Waals surface area contributed by atoms with Crippen LogP contribution in [0.3, 0.4) is 0 Å². The summed E-state index contributed by atoms with van der Waals surface area (Å²) in [6, 6.07) is 6.68. The number of fused-ring (bicyclic) bond motifs is 1. The monoisotopic (exact) mass is 377 g/mol. The molecule has 112 valence electrons. The van der Waals surface area contributed by atoms with Gasteiger partial charge in [-0.15, -0.1) is 0 Å². The predicted octanol–water partition coefficient (Wildman–Crippen LogP) is 3.08. The molecular weight excluding hydrogens is 366 g/mol. The molecule has 1 aliphatic carbocycles. The third kappa shape index (κ3) is 2.02. The van der Waals surface area contributed by atoms with E-state index in [4.69, 9.17) is 5.26 Å². The summed E-state index contributed by atoms with van der Waals surface area (Å²) in [5, 5.41) is 8.88. The average Bonchev–Trinajstić information content (AvgIpc) is 2.93. The van der Waals surface area contributed by atoms with Crippen molar-refractivity contribution in [3.63, 3.8) is 0 Å². The van der Waals surface area contributed by atoms with E-state index in [0.29, 0.717) is 21.9 Å². The minimum Gasteiger partial charge on any atom is -0.243 e. The van der Waals surface area contributed by atoms with Gasteiger partial charge >= 0.3 is 0 Å². The smallest absolute Gasteiger partial charge is 0.243 e. The van der Waals surface area contributed by atoms with Crippen LogP contribution in [0.25, 0.3) is 11.0 Å². The van der Waals surface area contributed by atoms with Gasteiger partial charge in [0.25, 0.3) is 0 Å². The molecule has 22 heavy (non-hydrogen) atoms. The van der Waals surface area contributed by atoms with Crippen molar-refractivity contribution in [3.05, 3.63) is 52.8 Å². The number of hydrogen-bond donors (Lipinski definition) is 0. The van der Waals surface area contributed by atoms with Gasteiger partial charge in [0, 0.05) is 10.7 Å². The first kappa shape index (κ1) is 15.0. The van der Waals surface area contributed by atoms with Crippen LogP contribution in [0.5, 0.6) is 0 Å². The van der Waals surface area contributed by atoms with Crippen molar-refractivity contribution in [3.8, 4) is 6.07 Å². The molecule has 0 spiro atoms. The standard InChI is InChI=1S/C15H12BrN3O2S/c1-15(8-3-2-4-14(15)16)22(20,21)19-9-7-12-13(19)6-5-11(10-17)18-12/h2-7,9H,8H2,1H3. The van der Waals surface area contributed by atoms with E-state index in [-0.39, 0.29) is 5.69 Å². The van der Waals surface area contributed by atoms with E-state index in [0.717, 1.165) is 0 Å². The number of hydrogen-bond acceptors (Lipinski definition) is 4. The number of rotatable bonds is 2. The molecule has 0 bridgehead atoms. The summed E-state index contributed by atoms with van der Waals surface area (Å²) in [5.74, 6) is 0. The van der Waals surface area contributed by atoms with Crippen LogP contribution in [0.1, 0.15) is 19.0 Å². The third-order valence-electron chi connectivity index (χ3n) is 3.84. The quantitative estimate of drug-likeness (QED) is 0.805. The first-order valence-corrected chi connectivity index (χ1v) is 8.79. The molecule has 0 N–H and O–H groups in total. The van der Waals surface area contributed by atoms with E-state index in [9.17, 15) is 8.42 Å². The lowest BCUT2D eigenvalue weighted by molar-refractivity contribution is 0.553. The molecule has 0 fully saturated rings. The molecule has 2 heterocycles. The van der Waals surface area contributed by atoms with Crippen LogP contribution in [-0.2, 0) is 10.0 Å². The Balaban J connectivity index is 2.21. The van der Waals surface area contributed by atoms with Crippen LogP contribution in [0, 0.1) is 11.3 Å². The summed E-state index contributed by atoms with van der Waals surface area (Å²) in [5.41, 5.74) is 1.21. The maximum atomic E-state index is 13.1. The highest BCUT2D eigenvalue weighted by atomic mass is 79.9. The van der Waals surface area contributed by atoms with Gasteiger partial charge in [-0.3, -0.25) is 0 Å². The molecule has 1 atom stereocenters. The second kappa shape index (κ2) is 5.07. The van der Waals surface area contributed by atoms with E-state index in [1.165, 1.54) is 16.2 Å². The number of pyridine rings is 1. The van der Waals surface area contributed by atoms with Crippen LogP contribution in [-0.4, -0.2) is 22.1 Å². The molecule has 0 radical (unpaired) electrons. The summed E-state index contributed by atoms with van der Waals surface area (Å²) < 4.78 is 27.0. The fraction of sp³-hybridized carbons (Fsp3) is 0.200. The lowest BCUT2D eigenvalue weighted by atomic mass is 10.0. The second-order valence-corrected chi connectivity index (χ2v) is 8.31. The van der Waals surface area contributed by atoms with Gasteiger partial charge in [-0.1, -0.05) is 34.2 Å². The van der Waals surface area contributed by atoms with Crippen LogP contribution in [0.15, 0.2) is 47.1 Å². The lowest BCUT2D eigenvalue weighted by Gasteiger charge is -2.30. The molecule has 0 saturated carbocycles. The predicted molar refractivity (Wildman–Crippen MR) is 87.9 cm³/mol. The maximum Gasteiger partial charge on any atom is 0.249 e. The Morgan fingerprint density at radius 1 is 1.41 bits per heavy atom. The molecule has 1 unspecified atom stereocenters. The average molecular weight is 378 g/mol. The highest BCUT2D eigenvalue weighted by Gasteiger charge is 2.43. The third-order valence-corrected chi connectivity index (χ3v) is 7.61. The summed E-state index contributed by atoms with van der Waals surface area (Å²) in [7, 11) is -3.69. The Hall–Kier alpha value is -1.91. The minimum absolute atomic E-state index is 0.260. The largest absolute Gasteiger partial charge is 0.249 e. The zero-order valence-corrected chi connectivity index (χ0v) is 14.1. The van der Waals surface area contributed by atoms with Gasteiger partial charge in [-0.2, -0.15) is 5.26 Å². The molecule has 0 aromatic carbocycles. The second-order valence-electron chi connectivity index (χ2n) is 5.21. The Kier molecular flexibility index (Phi) is 3.46. The Labute approximate surface area is 136 Å². The molecule has 5 nitrogen and oxygen atoms in total. The van der Waals surface area contributed by atoms with Crippen LogP contribution >= 0.6 is 15.9 Å². The van der Waals surface area contributed by atoms with Gasteiger partial charge in [0.15, 0.2) is 0 Å². The first-order valence-electron chi connectivity index (χ1n) is 6.56. The summed E-state index contributed by atoms with van der Waals surface area (Å²) in [6.45, 7) is 1.69. The van der Waals surface area contributed by atoms with Gasteiger partial charge in [0.2, 0.25) is 10.0 Å². The Bertz CT molecular complexity index is 966. The Morgan fingerprint density at radius 3 is 2.86 bits per heavy atom. The van der Waals surface area contributed by atoms with Crippen LogP contribution in [0.4, 0.5) is 0 Å². The topological polar surface area (TPSA) is 75.8 Å². The molecule has 1 aliphatic rings. The van der Waals surface area contributed by atoms with Gasteiger partial charge < -0.3 is 0 Å². The van der Waals surface area contributed by atoms with Crippen molar-refractivity contribution in [1.82, 2.24) is 8.96 Å². The van der Waals surface area contributed by atoms with Gasteiger partial charge in [-0.05, 0) is 31.5 Å². The number of nitrogens with zero attached hydrogens (tertiary/aromatic N) is 3. The highest BCUT2D eigenvalue weighted by molar-refractivity contribution is 9.12. The summed E-state index contributed by atoms with van der Waals surface area (Å²) in [4.78, 5) is 4.13. The molecule has 3 rings (SSSR count). The molecule has 2 aromatic rings. The lowest BCUT2D eigenvalue weighted by Crippen LogP contribution is -2.40. The summed E-state index contributed by atoms with van der Waals surface area (Å²) in [6.07, 6.45) is 7.28. The van der Waals surface area contributed by atoms with E-state index in [2.05, 4.69) is 20.9 Å². The van der Waals surface area contributed by atoms with E-state index in [1.54, 1.807) is 25.1 Å². The van der Waals surface area contributed by atoms with Crippen molar-refractivity contribution in [2.75, 3.05) is 0 Å². The fourth-order valence-electron chi connectivity index (χ4n) is 2.43. The number of halogens is 1. The van der Waals surface area contributed by atoms with E-state index in [1.807, 2.05) is 18.2 Å². The fourth-order valence-corrected chi connectivity index (χ4v) is 5.05. The van der Waals surface area contributed by atoms with E-state index < -0.39 is 14.8 Å². The number of aromatic nitrogens is 2. The van der Waals surface area contributed by atoms with Crippen LogP contribution < -0.4 is 0 Å². The van der Waals surface area contributed by atoms with Crippen molar-refractivity contribution in [2.24, 2.45) is 0 Å². The minimum atomic E-state index is -3.69. The normalized spacial score (nSPS) is 21.6. The van der Waals surface area contributed by atoms with Crippen molar-refractivity contribution in [1.29, 1.82) is 5.26 Å². The molecule has 0 aliphatic heterocycles. The maximum absolute atomic E-state index is 13.1. The van der Waals surface area contributed by atoms with Crippen molar-refractivity contribution < 1.29 is 8.42 Å². The SMILES string of the molecule is CC1(S(=O)(=O)n2ccc3nc(C#N)ccc32)CC=CC=C1Br. The molecule has 2 aromatic heterocycles. The van der Waals surface area contributed by atoms with Crippen molar-refractivity contribution >= 4 is 37.0 Å². The zero-order valence-electron chi connectivity index (χ0n) is 11.7. The van der Waals surface area contributed by atoms with Crippen molar-refractivity contribution in [2.45, 2.75) is 18.1 Å². The molecule has 7 heteroatoms. The number of allylic oxidation sites excluding steroid dienone is 3. The number of nitriles is 1. The summed E-state index contributed by atoms with van der Waals surface area (Å²) >= 11 is 3.38. The van der Waals surface area contributed by atoms with Crippen LogP contribution in [0.2, 0.25) is 0 Å². The van der Waals surface area contributed by atoms with Gasteiger partial charge in [0.05, 0.1) is 11.0 Å². The van der Waals surface area contributed by atoms with Gasteiger partial charge in [-0.25, -0.2) is 17.4 Å². The van der Waals surface area contributed by atoms with Gasteiger partial charge in [0.1, 0.15) is 16.5 Å². The van der Waals surface area contributed by atoms with E-state index >= 15 is 0 Å². The molecule has 0 amide bonds.